The minimum Gasteiger partial charge on any atom is -0.489 e. The van der Waals surface area contributed by atoms with Gasteiger partial charge in [0.2, 0.25) is 5.78 Å². The molecule has 3 nitrogen and oxygen atoms in total. The number of carbonyl (C=O) groups excluding carboxylic acids is 1. The van der Waals surface area contributed by atoms with Gasteiger partial charge in [-0.25, -0.2) is 0 Å². The highest BCUT2D eigenvalue weighted by atomic mass is 16.5. The molecule has 1 aliphatic rings. The highest BCUT2D eigenvalue weighted by Gasteiger charge is 2.27. The van der Waals surface area contributed by atoms with Crippen molar-refractivity contribution in [3.63, 3.8) is 0 Å². The normalized spacial score (nSPS) is 14.5. The van der Waals surface area contributed by atoms with Gasteiger partial charge in [-0.2, -0.15) is 0 Å². The Balaban J connectivity index is 1.50. The van der Waals surface area contributed by atoms with Gasteiger partial charge in [-0.3, -0.25) is 4.79 Å². The zero-order valence-electron chi connectivity index (χ0n) is 17.9. The number of benzene rings is 3. The number of ether oxygens (including phenoxy) is 2. The van der Waals surface area contributed by atoms with Gasteiger partial charge in [0.15, 0.2) is 5.76 Å². The van der Waals surface area contributed by atoms with Crippen molar-refractivity contribution in [2.75, 3.05) is 0 Å². The molecule has 0 amide bonds. The van der Waals surface area contributed by atoms with Crippen molar-refractivity contribution in [3.05, 3.63) is 100 Å². The molecule has 0 fully saturated rings. The van der Waals surface area contributed by atoms with Crippen LogP contribution in [0.2, 0.25) is 0 Å². The molecule has 0 spiro atoms. The van der Waals surface area contributed by atoms with Gasteiger partial charge < -0.3 is 9.47 Å². The smallest absolute Gasteiger partial charge is 0.231 e. The molecule has 3 aromatic carbocycles. The van der Waals surface area contributed by atoms with Gasteiger partial charge in [0, 0.05) is 6.07 Å². The lowest BCUT2D eigenvalue weighted by Crippen LogP contribution is -2.10. The molecular weight excluding hydrogens is 372 g/mol. The Kier molecular flexibility index (Phi) is 5.21. The van der Waals surface area contributed by atoms with Crippen LogP contribution in [0.1, 0.15) is 53.4 Å². The Morgan fingerprint density at radius 1 is 0.967 bits per heavy atom. The Labute approximate surface area is 178 Å². The molecule has 1 heterocycles. The first-order valence-electron chi connectivity index (χ1n) is 10.2. The van der Waals surface area contributed by atoms with E-state index in [1.807, 2.05) is 30.3 Å². The molecule has 0 aliphatic carbocycles. The number of fused-ring (bicyclic) bond motifs is 1. The summed E-state index contributed by atoms with van der Waals surface area (Å²) in [6.45, 7) is 9.08. The molecule has 3 heteroatoms. The molecule has 0 unspecified atom stereocenters. The van der Waals surface area contributed by atoms with Crippen LogP contribution in [0.3, 0.4) is 0 Å². The first-order chi connectivity index (χ1) is 14.3. The van der Waals surface area contributed by atoms with Crippen LogP contribution in [0.25, 0.3) is 6.08 Å². The van der Waals surface area contributed by atoms with Gasteiger partial charge in [-0.05, 0) is 52.8 Å². The van der Waals surface area contributed by atoms with E-state index < -0.39 is 0 Å². The van der Waals surface area contributed by atoms with Crippen LogP contribution in [0.4, 0.5) is 0 Å². The summed E-state index contributed by atoms with van der Waals surface area (Å²) in [7, 11) is 0. The third kappa shape index (κ3) is 4.16. The van der Waals surface area contributed by atoms with Crippen molar-refractivity contribution in [3.8, 4) is 11.5 Å². The standard InChI is InChI=1S/C27H26O3/c1-18-7-5-6-8-20(18)17-29-22-13-14-23-24(16-22)30-25(26(23)28)15-19-9-11-21(12-10-19)27(2,3)4/h5-16H,17H2,1-4H3. The number of hydrogen-bond donors (Lipinski definition) is 0. The van der Waals surface area contributed by atoms with Crippen molar-refractivity contribution in [2.24, 2.45) is 0 Å². The Bertz CT molecular complexity index is 1120. The lowest BCUT2D eigenvalue weighted by atomic mass is 9.86. The fourth-order valence-electron chi connectivity index (χ4n) is 3.42. The summed E-state index contributed by atoms with van der Waals surface area (Å²) < 4.78 is 11.8. The van der Waals surface area contributed by atoms with E-state index in [9.17, 15) is 4.79 Å². The van der Waals surface area contributed by atoms with Crippen molar-refractivity contribution < 1.29 is 14.3 Å². The maximum atomic E-state index is 12.7. The third-order valence-electron chi connectivity index (χ3n) is 5.37. The largest absolute Gasteiger partial charge is 0.489 e. The van der Waals surface area contributed by atoms with Crippen LogP contribution in [0.5, 0.6) is 11.5 Å². The van der Waals surface area contributed by atoms with Crippen LogP contribution in [0, 0.1) is 6.92 Å². The number of carbonyl (C=O) groups is 1. The second-order valence-electron chi connectivity index (χ2n) is 8.68. The maximum absolute atomic E-state index is 12.7. The number of ketones is 1. The predicted molar refractivity (Wildman–Crippen MR) is 120 cm³/mol. The molecule has 30 heavy (non-hydrogen) atoms. The van der Waals surface area contributed by atoms with Crippen LogP contribution in [-0.2, 0) is 12.0 Å². The van der Waals surface area contributed by atoms with Crippen LogP contribution < -0.4 is 9.47 Å². The van der Waals surface area contributed by atoms with E-state index in [2.05, 4.69) is 52.0 Å². The van der Waals surface area contributed by atoms with Crippen molar-refractivity contribution >= 4 is 11.9 Å². The molecule has 4 rings (SSSR count). The Morgan fingerprint density at radius 2 is 1.70 bits per heavy atom. The molecule has 0 saturated heterocycles. The van der Waals surface area contributed by atoms with Gasteiger partial charge >= 0.3 is 0 Å². The van der Waals surface area contributed by atoms with Gasteiger partial charge in [0.25, 0.3) is 0 Å². The van der Waals surface area contributed by atoms with Gasteiger partial charge in [-0.1, -0.05) is 69.3 Å². The van der Waals surface area contributed by atoms with Crippen LogP contribution in [0.15, 0.2) is 72.5 Å². The molecule has 1 aliphatic heterocycles. The lowest BCUT2D eigenvalue weighted by molar-refractivity contribution is 0.101. The number of rotatable bonds is 4. The van der Waals surface area contributed by atoms with Gasteiger partial charge in [-0.15, -0.1) is 0 Å². The molecular formula is C27H26O3. The zero-order valence-corrected chi connectivity index (χ0v) is 17.9. The fourth-order valence-corrected chi connectivity index (χ4v) is 3.42. The first-order valence-corrected chi connectivity index (χ1v) is 10.2. The molecule has 0 saturated carbocycles. The lowest BCUT2D eigenvalue weighted by Gasteiger charge is -2.18. The summed E-state index contributed by atoms with van der Waals surface area (Å²) in [4.78, 5) is 12.7. The zero-order chi connectivity index (χ0) is 21.3. The van der Waals surface area contributed by atoms with Crippen molar-refractivity contribution in [2.45, 2.75) is 39.7 Å². The van der Waals surface area contributed by atoms with E-state index >= 15 is 0 Å². The highest BCUT2D eigenvalue weighted by molar-refractivity contribution is 6.14. The number of allylic oxidation sites excluding steroid dienone is 1. The second kappa shape index (κ2) is 7.83. The van der Waals surface area contributed by atoms with E-state index in [1.54, 1.807) is 18.2 Å². The van der Waals surface area contributed by atoms with Crippen molar-refractivity contribution in [1.82, 2.24) is 0 Å². The Hall–Kier alpha value is -3.33. The van der Waals surface area contributed by atoms with Gasteiger partial charge in [0.1, 0.15) is 18.1 Å². The molecule has 0 bridgehead atoms. The summed E-state index contributed by atoms with van der Waals surface area (Å²) in [6.07, 6.45) is 1.79. The number of hydrogen-bond acceptors (Lipinski definition) is 3. The summed E-state index contributed by atoms with van der Waals surface area (Å²) >= 11 is 0. The maximum Gasteiger partial charge on any atom is 0.231 e. The number of aryl methyl sites for hydroxylation is 1. The molecule has 0 N–H and O–H groups in total. The average molecular weight is 399 g/mol. The monoisotopic (exact) mass is 398 g/mol. The van der Waals surface area contributed by atoms with E-state index in [0.717, 1.165) is 11.1 Å². The van der Waals surface area contributed by atoms with Gasteiger partial charge in [0.05, 0.1) is 5.56 Å². The third-order valence-corrected chi connectivity index (χ3v) is 5.37. The molecule has 0 atom stereocenters. The summed E-state index contributed by atoms with van der Waals surface area (Å²) in [5.41, 5.74) is 5.17. The van der Waals surface area contributed by atoms with E-state index in [-0.39, 0.29) is 11.2 Å². The summed E-state index contributed by atoms with van der Waals surface area (Å²) in [6, 6.07) is 21.7. The summed E-state index contributed by atoms with van der Waals surface area (Å²) in [5.74, 6) is 1.46. The molecule has 152 valence electrons. The first kappa shape index (κ1) is 20.0. The minimum absolute atomic E-state index is 0.0935. The predicted octanol–water partition coefficient (Wildman–Crippen LogP) is 6.49. The van der Waals surface area contributed by atoms with Crippen LogP contribution in [-0.4, -0.2) is 5.78 Å². The fraction of sp³-hybridized carbons (Fsp3) is 0.222. The van der Waals surface area contributed by atoms with E-state index in [0.29, 0.717) is 29.4 Å². The second-order valence-corrected chi connectivity index (χ2v) is 8.68. The molecule has 3 aromatic rings. The minimum atomic E-state index is -0.102. The SMILES string of the molecule is Cc1ccccc1COc1ccc2c(c1)OC(=Cc1ccc(C(C)(C)C)cc1)C2=O. The topological polar surface area (TPSA) is 35.5 Å². The van der Waals surface area contributed by atoms with E-state index in [1.165, 1.54) is 11.1 Å². The summed E-state index contributed by atoms with van der Waals surface area (Å²) in [5, 5.41) is 0. The molecule has 0 aromatic heterocycles. The Morgan fingerprint density at radius 3 is 2.40 bits per heavy atom. The average Bonchev–Trinajstić information content (AvgIpc) is 3.02. The van der Waals surface area contributed by atoms with Crippen LogP contribution >= 0.6 is 0 Å². The van der Waals surface area contributed by atoms with E-state index in [4.69, 9.17) is 9.47 Å². The number of Topliss-reactive ketones (excluding diaryl/α,β-unsaturated/α-hetero) is 1. The highest BCUT2D eigenvalue weighted by Crippen LogP contribution is 2.35. The molecule has 0 radical (unpaired) electrons. The quantitative estimate of drug-likeness (QED) is 0.471. The van der Waals surface area contributed by atoms with Crippen molar-refractivity contribution in [1.29, 1.82) is 0 Å².